The second-order valence-electron chi connectivity index (χ2n) is 8.42. The first-order valence-electron chi connectivity index (χ1n) is 11.5. The molecule has 1 aliphatic rings. The summed E-state index contributed by atoms with van der Waals surface area (Å²) >= 11 is 0. The van der Waals surface area contributed by atoms with Gasteiger partial charge >= 0.3 is 0 Å². The number of likely N-dealkylation sites (N-methyl/N-ethyl adjacent to an activating group) is 1. The van der Waals surface area contributed by atoms with Crippen molar-refractivity contribution >= 4 is 5.69 Å². The smallest absolute Gasteiger partial charge is 0.155 e. The van der Waals surface area contributed by atoms with Gasteiger partial charge in [0, 0.05) is 24.6 Å². The molecule has 5 rings (SSSR count). The Morgan fingerprint density at radius 3 is 1.79 bits per heavy atom. The van der Waals surface area contributed by atoms with Gasteiger partial charge in [0.05, 0.1) is 11.4 Å². The lowest BCUT2D eigenvalue weighted by atomic mass is 9.95. The van der Waals surface area contributed by atoms with E-state index in [-0.39, 0.29) is 11.6 Å². The van der Waals surface area contributed by atoms with Crippen LogP contribution >= 0.6 is 0 Å². The number of hydrogen-bond donors (Lipinski definition) is 0. The molecular weight excluding hydrogens is 424 g/mol. The summed E-state index contributed by atoms with van der Waals surface area (Å²) in [6.45, 7) is 0. The van der Waals surface area contributed by atoms with Gasteiger partial charge in [-0.3, -0.25) is 0 Å². The summed E-state index contributed by atoms with van der Waals surface area (Å²) in [7, 11) is 1.73. The van der Waals surface area contributed by atoms with Gasteiger partial charge in [-0.15, -0.1) is 0 Å². The van der Waals surface area contributed by atoms with E-state index in [0.29, 0.717) is 29.8 Å². The van der Waals surface area contributed by atoms with Gasteiger partial charge in [0.1, 0.15) is 5.83 Å². The van der Waals surface area contributed by atoms with E-state index < -0.39 is 0 Å². The van der Waals surface area contributed by atoms with E-state index in [1.165, 1.54) is 0 Å². The number of halogens is 2. The summed E-state index contributed by atoms with van der Waals surface area (Å²) in [5, 5.41) is 0. The third kappa shape index (κ3) is 4.17. The number of rotatable bonds is 5. The maximum absolute atomic E-state index is 16.2. The van der Waals surface area contributed by atoms with Gasteiger partial charge in [0.2, 0.25) is 0 Å². The van der Waals surface area contributed by atoms with Crippen molar-refractivity contribution in [2.24, 2.45) is 0 Å². The van der Waals surface area contributed by atoms with Crippen LogP contribution in [0.15, 0.2) is 121 Å². The van der Waals surface area contributed by atoms with Crippen LogP contribution in [-0.4, -0.2) is 7.05 Å². The molecule has 1 aliphatic carbocycles. The van der Waals surface area contributed by atoms with E-state index in [1.54, 1.807) is 18.0 Å². The Hall–Kier alpha value is -3.98. The van der Waals surface area contributed by atoms with Crippen LogP contribution in [0.5, 0.6) is 0 Å². The first-order valence-corrected chi connectivity index (χ1v) is 11.5. The molecule has 0 radical (unpaired) electrons. The van der Waals surface area contributed by atoms with Crippen molar-refractivity contribution in [1.29, 1.82) is 0 Å². The van der Waals surface area contributed by atoms with Crippen molar-refractivity contribution in [3.8, 4) is 33.4 Å². The Kier molecular flexibility index (Phi) is 6.09. The molecular formula is C31H25F2N. The van der Waals surface area contributed by atoms with Crippen LogP contribution in [0.2, 0.25) is 0 Å². The minimum Gasteiger partial charge on any atom is -0.340 e. The molecule has 4 aromatic rings. The molecule has 1 nitrogen and oxygen atoms in total. The van der Waals surface area contributed by atoms with Crippen molar-refractivity contribution in [2.45, 2.75) is 12.8 Å². The number of anilines is 1. The van der Waals surface area contributed by atoms with E-state index in [4.69, 9.17) is 0 Å². The molecule has 0 saturated heterocycles. The number of benzene rings is 4. The maximum Gasteiger partial charge on any atom is 0.155 e. The molecule has 0 amide bonds. The third-order valence-electron chi connectivity index (χ3n) is 6.28. The lowest BCUT2D eigenvalue weighted by Crippen LogP contribution is -2.20. The number of hydrogen-bond acceptors (Lipinski definition) is 1. The Bertz CT molecular complexity index is 1350. The maximum atomic E-state index is 16.2. The number of nitrogens with zero attached hydrogens (tertiary/aromatic N) is 1. The summed E-state index contributed by atoms with van der Waals surface area (Å²) < 4.78 is 31.0. The molecule has 0 bridgehead atoms. The third-order valence-corrected chi connectivity index (χ3v) is 6.28. The molecule has 0 unspecified atom stereocenters. The largest absolute Gasteiger partial charge is 0.340 e. The van der Waals surface area contributed by atoms with Gasteiger partial charge in [-0.2, -0.15) is 0 Å². The quantitative estimate of drug-likeness (QED) is 0.294. The highest BCUT2D eigenvalue weighted by Gasteiger charge is 2.23. The first-order chi connectivity index (χ1) is 16.6. The van der Waals surface area contributed by atoms with Gasteiger partial charge in [-0.25, -0.2) is 8.78 Å². The van der Waals surface area contributed by atoms with Crippen molar-refractivity contribution in [3.63, 3.8) is 0 Å². The summed E-state index contributed by atoms with van der Waals surface area (Å²) in [5.74, 6) is -0.586. The fourth-order valence-corrected chi connectivity index (χ4v) is 4.48. The van der Waals surface area contributed by atoms with E-state index in [1.807, 2.05) is 91.0 Å². The highest BCUT2D eigenvalue weighted by atomic mass is 19.1. The van der Waals surface area contributed by atoms with Gasteiger partial charge in [-0.1, -0.05) is 103 Å². The van der Waals surface area contributed by atoms with Crippen LogP contribution < -0.4 is 4.90 Å². The minimum absolute atomic E-state index is 0.221. The zero-order valence-corrected chi connectivity index (χ0v) is 19.0. The first kappa shape index (κ1) is 21.8. The molecule has 0 heterocycles. The van der Waals surface area contributed by atoms with Crippen LogP contribution in [0.25, 0.3) is 33.4 Å². The van der Waals surface area contributed by atoms with Gasteiger partial charge < -0.3 is 4.90 Å². The Morgan fingerprint density at radius 2 is 1.15 bits per heavy atom. The monoisotopic (exact) mass is 449 g/mol. The Labute approximate surface area is 199 Å². The van der Waals surface area contributed by atoms with Crippen LogP contribution in [0.4, 0.5) is 14.5 Å². The molecule has 0 N–H and O–H groups in total. The zero-order chi connectivity index (χ0) is 23.5. The molecule has 0 aromatic heterocycles. The van der Waals surface area contributed by atoms with E-state index in [9.17, 15) is 4.39 Å². The summed E-state index contributed by atoms with van der Waals surface area (Å²) in [6.07, 6.45) is 4.67. The van der Waals surface area contributed by atoms with E-state index in [0.717, 1.165) is 27.8 Å². The van der Waals surface area contributed by atoms with Crippen LogP contribution in [0.1, 0.15) is 12.8 Å². The second kappa shape index (κ2) is 9.48. The fraction of sp³-hybridized carbons (Fsp3) is 0.0968. The van der Waals surface area contributed by atoms with Crippen LogP contribution in [0.3, 0.4) is 0 Å². The molecule has 0 atom stereocenters. The van der Waals surface area contributed by atoms with Gasteiger partial charge in [0.25, 0.3) is 0 Å². The molecule has 3 heteroatoms. The van der Waals surface area contributed by atoms with Gasteiger partial charge in [0.15, 0.2) is 5.82 Å². The SMILES string of the molecule is CN(C1=C(F)CCC=C1)c1c(-c2ccccc2)ccc(-c2ccc(-c3ccccc3)cc2)c1F. The summed E-state index contributed by atoms with van der Waals surface area (Å²) in [5.41, 5.74) is 5.83. The summed E-state index contributed by atoms with van der Waals surface area (Å²) in [4.78, 5) is 1.64. The predicted octanol–water partition coefficient (Wildman–Crippen LogP) is 8.79. The Balaban J connectivity index is 1.63. The topological polar surface area (TPSA) is 3.24 Å². The zero-order valence-electron chi connectivity index (χ0n) is 19.0. The molecule has 0 saturated carbocycles. The van der Waals surface area contributed by atoms with Crippen molar-refractivity contribution < 1.29 is 8.78 Å². The average Bonchev–Trinajstić information content (AvgIpc) is 2.89. The fourth-order valence-electron chi connectivity index (χ4n) is 4.48. The summed E-state index contributed by atoms with van der Waals surface area (Å²) in [6, 6.07) is 31.4. The highest BCUT2D eigenvalue weighted by Crippen LogP contribution is 2.41. The lowest BCUT2D eigenvalue weighted by Gasteiger charge is -2.27. The van der Waals surface area contributed by atoms with E-state index >= 15 is 4.39 Å². The molecule has 4 aromatic carbocycles. The molecule has 0 spiro atoms. The molecule has 0 fully saturated rings. The van der Waals surface area contributed by atoms with Crippen molar-refractivity contribution in [3.05, 3.63) is 127 Å². The molecule has 34 heavy (non-hydrogen) atoms. The lowest BCUT2D eigenvalue weighted by molar-refractivity contribution is 0.571. The van der Waals surface area contributed by atoms with Crippen molar-refractivity contribution in [2.75, 3.05) is 11.9 Å². The average molecular weight is 450 g/mol. The standard InChI is InChI=1S/C31H25F2N/c1-34(29-15-9-8-14-28(29)32)31-27(24-12-6-3-7-13-24)21-20-26(30(31)33)25-18-16-23(17-19-25)22-10-4-2-5-11-22/h2-7,9-13,15-21H,8,14H2,1H3. The number of allylic oxidation sites excluding steroid dienone is 3. The van der Waals surface area contributed by atoms with Gasteiger partial charge in [-0.05, 0) is 34.8 Å². The van der Waals surface area contributed by atoms with Crippen LogP contribution in [-0.2, 0) is 0 Å². The van der Waals surface area contributed by atoms with Crippen LogP contribution in [0, 0.1) is 5.82 Å². The van der Waals surface area contributed by atoms with Crippen molar-refractivity contribution in [1.82, 2.24) is 0 Å². The second-order valence-corrected chi connectivity index (χ2v) is 8.42. The minimum atomic E-state index is -0.365. The normalized spacial score (nSPS) is 13.3. The van der Waals surface area contributed by atoms with E-state index in [2.05, 4.69) is 12.1 Å². The highest BCUT2D eigenvalue weighted by molar-refractivity contribution is 5.86. The molecule has 0 aliphatic heterocycles. The Morgan fingerprint density at radius 1 is 0.618 bits per heavy atom. The predicted molar refractivity (Wildman–Crippen MR) is 138 cm³/mol. The molecule has 168 valence electrons.